The molecule has 0 unspecified atom stereocenters. The normalized spacial score (nSPS) is 10.7. The van der Waals surface area contributed by atoms with Gasteiger partial charge in [-0.05, 0) is 30.7 Å². The molecule has 0 atom stereocenters. The van der Waals surface area contributed by atoms with Crippen molar-refractivity contribution in [3.8, 4) is 5.95 Å². The Labute approximate surface area is 121 Å². The van der Waals surface area contributed by atoms with Crippen LogP contribution in [0.2, 0.25) is 5.02 Å². The Morgan fingerprint density at radius 1 is 1.15 bits per heavy atom. The number of nitrogens with zero attached hydrogens (tertiary/aromatic N) is 4. The molecular weight excluding hydrogens is 274 g/mol. The lowest BCUT2D eigenvalue weighted by Gasteiger charge is -2.03. The van der Waals surface area contributed by atoms with Crippen LogP contribution in [-0.4, -0.2) is 19.5 Å². The molecule has 0 aliphatic carbocycles. The minimum Gasteiger partial charge on any atom is -0.293 e. The predicted molar refractivity (Wildman–Crippen MR) is 76.6 cm³/mol. The fourth-order valence-corrected chi connectivity index (χ4v) is 2.00. The first-order valence-electron chi connectivity index (χ1n) is 6.16. The Balaban J connectivity index is 1.87. The molecular formula is C14H13ClN5+. The zero-order valence-corrected chi connectivity index (χ0v) is 11.6. The van der Waals surface area contributed by atoms with E-state index < -0.39 is 0 Å². The molecule has 0 fully saturated rings. The number of hydrogen-bond acceptors (Lipinski definition) is 3. The smallest absolute Gasteiger partial charge is 0.293 e. The highest BCUT2D eigenvalue weighted by molar-refractivity contribution is 6.31. The molecule has 0 saturated carbocycles. The Morgan fingerprint density at radius 2 is 1.95 bits per heavy atom. The van der Waals surface area contributed by atoms with Crippen molar-refractivity contribution < 1.29 is 5.32 Å². The lowest BCUT2D eigenvalue weighted by Crippen LogP contribution is -2.72. The topological polar surface area (TPSA) is 60.2 Å². The first-order chi connectivity index (χ1) is 9.72. The summed E-state index contributed by atoms with van der Waals surface area (Å²) in [5.74, 6) is 1.19. The van der Waals surface area contributed by atoms with Crippen LogP contribution in [0.15, 0.2) is 49.1 Å². The van der Waals surface area contributed by atoms with E-state index >= 15 is 0 Å². The van der Waals surface area contributed by atoms with Crippen LogP contribution in [-0.2, 0) is 0 Å². The molecule has 0 aliphatic heterocycles. The Hall–Kier alpha value is -2.24. The summed E-state index contributed by atoms with van der Waals surface area (Å²) in [6, 6.07) is 9.71. The minimum atomic E-state index is 0.592. The largest absolute Gasteiger partial charge is 0.335 e. The Kier molecular flexibility index (Phi) is 3.45. The highest BCUT2D eigenvalue weighted by Crippen LogP contribution is 2.17. The zero-order valence-electron chi connectivity index (χ0n) is 10.9. The average Bonchev–Trinajstić information content (AvgIpc) is 2.97. The molecule has 0 radical (unpaired) electrons. The van der Waals surface area contributed by atoms with Gasteiger partial charge in [0.25, 0.3) is 0 Å². The molecule has 2 heterocycles. The number of aryl methyl sites for hydroxylation is 1. The monoisotopic (exact) mass is 286 g/mol. The third-order valence-corrected chi connectivity index (χ3v) is 3.31. The van der Waals surface area contributed by atoms with Crippen molar-refractivity contribution in [1.82, 2.24) is 19.5 Å². The number of benzene rings is 1. The first-order valence-corrected chi connectivity index (χ1v) is 6.53. The van der Waals surface area contributed by atoms with Crippen LogP contribution in [0.1, 0.15) is 5.56 Å². The molecule has 20 heavy (non-hydrogen) atoms. The van der Waals surface area contributed by atoms with E-state index in [1.165, 1.54) is 6.33 Å². The molecule has 2 N–H and O–H groups in total. The van der Waals surface area contributed by atoms with E-state index in [1.54, 1.807) is 0 Å². The molecule has 0 bridgehead atoms. The molecule has 0 amide bonds. The fourth-order valence-electron chi connectivity index (χ4n) is 1.81. The van der Waals surface area contributed by atoms with Gasteiger partial charge in [0, 0.05) is 23.5 Å². The summed E-state index contributed by atoms with van der Waals surface area (Å²) >= 11 is 6.12. The van der Waals surface area contributed by atoms with E-state index in [0.29, 0.717) is 11.9 Å². The molecule has 3 rings (SSSR count). The summed E-state index contributed by atoms with van der Waals surface area (Å²) in [5, 5.41) is 2.61. The molecule has 5 nitrogen and oxygen atoms in total. The molecule has 100 valence electrons. The van der Waals surface area contributed by atoms with Crippen molar-refractivity contribution in [3.63, 3.8) is 0 Å². The summed E-state index contributed by atoms with van der Waals surface area (Å²) in [5.41, 5.74) is 2.01. The third kappa shape index (κ3) is 2.68. The van der Waals surface area contributed by atoms with E-state index in [0.717, 1.165) is 16.3 Å². The van der Waals surface area contributed by atoms with Gasteiger partial charge in [0.05, 0.1) is 0 Å². The van der Waals surface area contributed by atoms with Gasteiger partial charge < -0.3 is 0 Å². The van der Waals surface area contributed by atoms with Crippen LogP contribution in [0.5, 0.6) is 0 Å². The van der Waals surface area contributed by atoms with Crippen LogP contribution >= 0.6 is 11.6 Å². The van der Waals surface area contributed by atoms with Gasteiger partial charge in [-0.2, -0.15) is 4.98 Å². The molecule has 3 aromatic rings. The maximum atomic E-state index is 6.12. The number of hydrogen-bond donors (Lipinski definition) is 1. The highest BCUT2D eigenvalue weighted by Gasteiger charge is 2.08. The van der Waals surface area contributed by atoms with Gasteiger partial charge in [-0.3, -0.25) is 4.57 Å². The lowest BCUT2D eigenvalue weighted by atomic mass is 10.2. The van der Waals surface area contributed by atoms with Gasteiger partial charge >= 0.3 is 5.95 Å². The summed E-state index contributed by atoms with van der Waals surface area (Å²) in [7, 11) is 0. The van der Waals surface area contributed by atoms with Crippen LogP contribution in [0.4, 0.5) is 11.6 Å². The van der Waals surface area contributed by atoms with Gasteiger partial charge in [0.15, 0.2) is 0 Å². The quantitative estimate of drug-likeness (QED) is 0.751. The molecule has 2 aromatic heterocycles. The summed E-state index contributed by atoms with van der Waals surface area (Å²) in [4.78, 5) is 12.7. The lowest BCUT2D eigenvalue weighted by molar-refractivity contribution is -0.487. The highest BCUT2D eigenvalue weighted by atomic mass is 35.5. The summed E-state index contributed by atoms with van der Waals surface area (Å²) < 4.78 is 1.83. The SMILES string of the molecule is Cc1ccc([NH2+]c2ncnc(-n3cccc3)n2)cc1Cl. The van der Waals surface area contributed by atoms with Crippen molar-refractivity contribution >= 4 is 23.2 Å². The number of nitrogens with two attached hydrogens (primary N) is 1. The van der Waals surface area contributed by atoms with Crippen molar-refractivity contribution in [2.24, 2.45) is 0 Å². The van der Waals surface area contributed by atoms with Gasteiger partial charge in [0.1, 0.15) is 12.0 Å². The second-order valence-electron chi connectivity index (χ2n) is 4.39. The Morgan fingerprint density at radius 3 is 2.70 bits per heavy atom. The second-order valence-corrected chi connectivity index (χ2v) is 4.79. The summed E-state index contributed by atoms with van der Waals surface area (Å²) in [6.45, 7) is 1.97. The molecule has 0 aliphatic rings. The van der Waals surface area contributed by atoms with Crippen molar-refractivity contribution in [2.45, 2.75) is 6.92 Å². The van der Waals surface area contributed by atoms with Crippen molar-refractivity contribution in [3.05, 3.63) is 59.6 Å². The Bertz CT molecular complexity index is 724. The number of aromatic nitrogens is 4. The second kappa shape index (κ2) is 5.40. The standard InChI is InChI=1S/C14H12ClN5/c1-10-4-5-11(8-12(10)15)18-13-16-9-17-14(19-13)20-6-2-3-7-20/h2-9H,1H3,(H,16,17,18,19)/p+1. The maximum Gasteiger partial charge on any atom is 0.335 e. The van der Waals surface area contributed by atoms with Gasteiger partial charge in [-0.25, -0.2) is 10.3 Å². The molecule has 0 spiro atoms. The van der Waals surface area contributed by atoms with E-state index in [1.807, 2.05) is 59.5 Å². The van der Waals surface area contributed by atoms with Gasteiger partial charge in [-0.1, -0.05) is 17.7 Å². The first kappa shape index (κ1) is 12.8. The maximum absolute atomic E-state index is 6.12. The van der Waals surface area contributed by atoms with Crippen LogP contribution < -0.4 is 5.32 Å². The van der Waals surface area contributed by atoms with E-state index in [4.69, 9.17) is 11.6 Å². The van der Waals surface area contributed by atoms with Crippen LogP contribution in [0.25, 0.3) is 5.95 Å². The van der Waals surface area contributed by atoms with E-state index in [-0.39, 0.29) is 0 Å². The zero-order chi connectivity index (χ0) is 13.9. The van der Waals surface area contributed by atoms with Gasteiger partial charge in [0.2, 0.25) is 5.95 Å². The minimum absolute atomic E-state index is 0.592. The van der Waals surface area contributed by atoms with Gasteiger partial charge in [-0.15, -0.1) is 4.98 Å². The molecule has 0 saturated heterocycles. The molecule has 6 heteroatoms. The molecule has 1 aromatic carbocycles. The van der Waals surface area contributed by atoms with Crippen LogP contribution in [0.3, 0.4) is 0 Å². The van der Waals surface area contributed by atoms with Crippen molar-refractivity contribution in [1.29, 1.82) is 0 Å². The fraction of sp³-hybridized carbons (Fsp3) is 0.0714. The van der Waals surface area contributed by atoms with Crippen molar-refractivity contribution in [2.75, 3.05) is 0 Å². The number of quaternary nitrogens is 1. The summed E-state index contributed by atoms with van der Waals surface area (Å²) in [6.07, 6.45) is 5.29. The van der Waals surface area contributed by atoms with E-state index in [2.05, 4.69) is 15.0 Å². The number of halogens is 1. The predicted octanol–water partition coefficient (Wildman–Crippen LogP) is 2.15. The van der Waals surface area contributed by atoms with Crippen LogP contribution in [0, 0.1) is 6.92 Å². The van der Waals surface area contributed by atoms with E-state index in [9.17, 15) is 0 Å². The average molecular weight is 287 g/mol. The number of rotatable bonds is 3. The third-order valence-electron chi connectivity index (χ3n) is 2.90.